The largest absolute Gasteiger partial charge is 0.411 e. The second-order valence-corrected chi connectivity index (χ2v) is 2.14. The molecule has 0 amide bonds. The van der Waals surface area contributed by atoms with Gasteiger partial charge in [-0.3, -0.25) is 0 Å². The molecule has 0 bridgehead atoms. The summed E-state index contributed by atoms with van der Waals surface area (Å²) in [4.78, 5) is -0.690. The van der Waals surface area contributed by atoms with Gasteiger partial charge in [-0.15, -0.1) is 0 Å². The molecule has 0 radical (unpaired) electrons. The zero-order valence-electron chi connectivity index (χ0n) is 3.73. The maximum absolute atomic E-state index is 7.92. The molecule has 0 aliphatic heterocycles. The normalized spacial score (nSPS) is 12.9. The van der Waals surface area contributed by atoms with E-state index in [1.807, 2.05) is 0 Å². The lowest BCUT2D eigenvalue weighted by atomic mass is 10.5. The molecule has 0 saturated heterocycles. The summed E-state index contributed by atoms with van der Waals surface area (Å²) in [5.74, 6) is 0. The number of halogens is 2. The molecule has 0 rings (SSSR count). The quantitative estimate of drug-likeness (QED) is 0.256. The van der Waals surface area contributed by atoms with E-state index in [2.05, 4.69) is 5.16 Å². The van der Waals surface area contributed by atoms with Crippen molar-refractivity contribution in [3.63, 3.8) is 0 Å². The van der Waals surface area contributed by atoms with Gasteiger partial charge in [-0.05, 0) is 6.92 Å². The molecule has 1 N–H and O–H groups in total. The van der Waals surface area contributed by atoms with Crippen LogP contribution in [0.4, 0.5) is 0 Å². The third kappa shape index (κ3) is 2.71. The Morgan fingerprint density at radius 3 is 2.14 bits per heavy atom. The fourth-order valence-corrected chi connectivity index (χ4v) is 0.131. The van der Waals surface area contributed by atoms with E-state index in [4.69, 9.17) is 28.4 Å². The standard InChI is InChI=1S/C3H5Cl2NO/c1-2(6-7)3(4)5/h3,7H,1H3. The van der Waals surface area contributed by atoms with Gasteiger partial charge in [-0.1, -0.05) is 28.4 Å². The lowest BCUT2D eigenvalue weighted by Gasteiger charge is -1.91. The molecule has 0 aliphatic carbocycles. The second kappa shape index (κ2) is 3.10. The third-order valence-electron chi connectivity index (χ3n) is 0.474. The van der Waals surface area contributed by atoms with Gasteiger partial charge >= 0.3 is 0 Å². The summed E-state index contributed by atoms with van der Waals surface area (Å²) < 4.78 is 0. The average Bonchev–Trinajstić information content (AvgIpc) is 1.65. The number of rotatable bonds is 1. The second-order valence-electron chi connectivity index (χ2n) is 1.04. The summed E-state index contributed by atoms with van der Waals surface area (Å²) in [5, 5.41) is 10.7. The van der Waals surface area contributed by atoms with E-state index in [9.17, 15) is 0 Å². The third-order valence-corrected chi connectivity index (χ3v) is 1.11. The van der Waals surface area contributed by atoms with E-state index in [1.54, 1.807) is 0 Å². The van der Waals surface area contributed by atoms with Gasteiger partial charge in [0.05, 0.1) is 5.71 Å². The zero-order chi connectivity index (χ0) is 5.86. The minimum absolute atomic E-state index is 0.309. The van der Waals surface area contributed by atoms with Crippen LogP contribution in [0.5, 0.6) is 0 Å². The molecule has 0 unspecified atom stereocenters. The van der Waals surface area contributed by atoms with Crippen LogP contribution in [0.25, 0.3) is 0 Å². The first-order valence-corrected chi connectivity index (χ1v) is 2.52. The predicted molar refractivity (Wildman–Crippen MR) is 30.4 cm³/mol. The number of oxime groups is 1. The van der Waals surface area contributed by atoms with E-state index >= 15 is 0 Å². The Balaban J connectivity index is 3.56. The molecular weight excluding hydrogens is 137 g/mol. The molecule has 0 saturated carbocycles. The van der Waals surface area contributed by atoms with Gasteiger partial charge in [0.1, 0.15) is 4.84 Å². The van der Waals surface area contributed by atoms with Crippen LogP contribution in [0.2, 0.25) is 0 Å². The van der Waals surface area contributed by atoms with Gasteiger partial charge < -0.3 is 5.21 Å². The van der Waals surface area contributed by atoms with Crippen LogP contribution in [0.15, 0.2) is 5.16 Å². The fraction of sp³-hybridized carbons (Fsp3) is 0.667. The van der Waals surface area contributed by atoms with Crippen molar-refractivity contribution in [2.24, 2.45) is 5.16 Å². The van der Waals surface area contributed by atoms with Gasteiger partial charge in [-0.2, -0.15) is 0 Å². The van der Waals surface area contributed by atoms with Crippen LogP contribution in [-0.2, 0) is 0 Å². The van der Waals surface area contributed by atoms with Crippen molar-refractivity contribution in [2.75, 3.05) is 0 Å². The Morgan fingerprint density at radius 2 is 2.14 bits per heavy atom. The van der Waals surface area contributed by atoms with Crippen LogP contribution in [-0.4, -0.2) is 15.8 Å². The van der Waals surface area contributed by atoms with Gasteiger partial charge in [0.2, 0.25) is 0 Å². The maximum Gasteiger partial charge on any atom is 0.148 e. The minimum Gasteiger partial charge on any atom is -0.411 e. The van der Waals surface area contributed by atoms with Crippen LogP contribution >= 0.6 is 23.2 Å². The first-order chi connectivity index (χ1) is 3.18. The fourth-order valence-electron chi connectivity index (χ4n) is 0.0436. The summed E-state index contributed by atoms with van der Waals surface area (Å²) in [6.07, 6.45) is 0. The smallest absolute Gasteiger partial charge is 0.148 e. The van der Waals surface area contributed by atoms with Crippen LogP contribution in [0.1, 0.15) is 6.92 Å². The van der Waals surface area contributed by atoms with Gasteiger partial charge in [0.15, 0.2) is 0 Å². The lowest BCUT2D eigenvalue weighted by Crippen LogP contribution is -2.00. The molecular formula is C3H5Cl2NO. The van der Waals surface area contributed by atoms with Gasteiger partial charge in [0.25, 0.3) is 0 Å². The molecule has 2 nitrogen and oxygen atoms in total. The minimum atomic E-state index is -0.690. The van der Waals surface area contributed by atoms with Crippen LogP contribution in [0, 0.1) is 0 Å². The van der Waals surface area contributed by atoms with E-state index in [-0.39, 0.29) is 0 Å². The van der Waals surface area contributed by atoms with E-state index < -0.39 is 4.84 Å². The van der Waals surface area contributed by atoms with E-state index in [1.165, 1.54) is 6.92 Å². The monoisotopic (exact) mass is 141 g/mol. The highest BCUT2D eigenvalue weighted by Crippen LogP contribution is 2.02. The SMILES string of the molecule is CC(=NO)C(Cl)Cl. The first kappa shape index (κ1) is 7.05. The molecule has 0 spiro atoms. The Kier molecular flexibility index (Phi) is 3.13. The average molecular weight is 142 g/mol. The predicted octanol–water partition coefficient (Wildman–Crippen LogP) is 1.64. The molecule has 42 valence electrons. The summed E-state index contributed by atoms with van der Waals surface area (Å²) in [5.41, 5.74) is 0.309. The van der Waals surface area contributed by atoms with Crippen molar-refractivity contribution in [1.29, 1.82) is 0 Å². The summed E-state index contributed by atoms with van der Waals surface area (Å²) in [6, 6.07) is 0. The van der Waals surface area contributed by atoms with Crippen LogP contribution in [0.3, 0.4) is 0 Å². The van der Waals surface area contributed by atoms with Crippen molar-refractivity contribution in [1.82, 2.24) is 0 Å². The van der Waals surface area contributed by atoms with Gasteiger partial charge in [-0.25, -0.2) is 0 Å². The number of hydrogen-bond acceptors (Lipinski definition) is 2. The Hall–Kier alpha value is 0.0500. The van der Waals surface area contributed by atoms with Crippen molar-refractivity contribution >= 4 is 28.9 Å². The maximum atomic E-state index is 7.92. The molecule has 0 aliphatic rings. The molecule has 0 atom stereocenters. The molecule has 0 fully saturated rings. The summed E-state index contributed by atoms with van der Waals surface area (Å²) in [6.45, 7) is 1.53. The molecule has 0 aromatic rings. The number of hydrogen-bond donors (Lipinski definition) is 1. The summed E-state index contributed by atoms with van der Waals surface area (Å²) >= 11 is 10.4. The lowest BCUT2D eigenvalue weighted by molar-refractivity contribution is 0.318. The highest BCUT2D eigenvalue weighted by molar-refractivity contribution is 6.54. The van der Waals surface area contributed by atoms with Crippen molar-refractivity contribution in [2.45, 2.75) is 11.8 Å². The Morgan fingerprint density at radius 1 is 1.71 bits per heavy atom. The Labute approximate surface area is 51.7 Å². The number of alkyl halides is 2. The molecule has 0 aromatic carbocycles. The number of nitrogens with zero attached hydrogens (tertiary/aromatic N) is 1. The molecule has 0 aromatic heterocycles. The highest BCUT2D eigenvalue weighted by Gasteiger charge is 2.00. The van der Waals surface area contributed by atoms with Gasteiger partial charge in [0, 0.05) is 0 Å². The van der Waals surface area contributed by atoms with Crippen molar-refractivity contribution in [3.8, 4) is 0 Å². The van der Waals surface area contributed by atoms with Crippen LogP contribution < -0.4 is 0 Å². The van der Waals surface area contributed by atoms with Crippen molar-refractivity contribution in [3.05, 3.63) is 0 Å². The molecule has 7 heavy (non-hydrogen) atoms. The topological polar surface area (TPSA) is 32.6 Å². The zero-order valence-corrected chi connectivity index (χ0v) is 5.24. The first-order valence-electron chi connectivity index (χ1n) is 1.65. The molecule has 4 heteroatoms. The van der Waals surface area contributed by atoms with Crippen molar-refractivity contribution < 1.29 is 5.21 Å². The summed E-state index contributed by atoms with van der Waals surface area (Å²) in [7, 11) is 0. The highest BCUT2D eigenvalue weighted by atomic mass is 35.5. The Bertz CT molecular complexity index is 81.0. The molecule has 0 heterocycles. The van der Waals surface area contributed by atoms with E-state index in [0.29, 0.717) is 5.71 Å². The van der Waals surface area contributed by atoms with E-state index in [0.717, 1.165) is 0 Å².